The fourth-order valence-electron chi connectivity index (χ4n) is 2.52. The summed E-state index contributed by atoms with van der Waals surface area (Å²) in [4.78, 5) is 11.9. The van der Waals surface area contributed by atoms with Gasteiger partial charge < -0.3 is 19.9 Å². The third-order valence-electron chi connectivity index (χ3n) is 3.62. The summed E-state index contributed by atoms with van der Waals surface area (Å²) in [6, 6.07) is 0. The fraction of sp³-hybridized carbons (Fsp3) is 0.929. The number of methoxy groups -OCH3 is 1. The van der Waals surface area contributed by atoms with Gasteiger partial charge in [0.2, 0.25) is 0 Å². The van der Waals surface area contributed by atoms with E-state index in [-0.39, 0.29) is 11.9 Å². The number of hydrogen-bond donors (Lipinski definition) is 1. The van der Waals surface area contributed by atoms with Crippen LogP contribution in [0.1, 0.15) is 32.1 Å². The summed E-state index contributed by atoms with van der Waals surface area (Å²) in [6.07, 6.45) is 5.10. The van der Waals surface area contributed by atoms with Gasteiger partial charge in [0, 0.05) is 20.3 Å². The SMILES string of the molecule is COCCCOCCOC(=O)C1CCCCC1CN. The largest absolute Gasteiger partial charge is 0.463 e. The van der Waals surface area contributed by atoms with Crippen LogP contribution in [0, 0.1) is 11.8 Å². The van der Waals surface area contributed by atoms with Crippen LogP contribution in [0.4, 0.5) is 0 Å². The molecule has 1 rings (SSSR count). The molecule has 1 aliphatic rings. The Hall–Kier alpha value is -0.650. The number of nitrogens with two attached hydrogens (primary N) is 1. The number of ether oxygens (including phenoxy) is 3. The number of rotatable bonds is 9. The normalized spacial score (nSPS) is 23.3. The van der Waals surface area contributed by atoms with E-state index >= 15 is 0 Å². The van der Waals surface area contributed by atoms with Crippen molar-refractivity contribution in [3.05, 3.63) is 0 Å². The first-order chi connectivity index (χ1) is 9.29. The molecule has 1 saturated carbocycles. The highest BCUT2D eigenvalue weighted by atomic mass is 16.6. The molecule has 5 heteroatoms. The molecule has 0 aromatic carbocycles. The van der Waals surface area contributed by atoms with Crippen molar-refractivity contribution in [3.8, 4) is 0 Å². The fourth-order valence-corrected chi connectivity index (χ4v) is 2.52. The summed E-state index contributed by atoms with van der Waals surface area (Å²) in [5, 5.41) is 0. The van der Waals surface area contributed by atoms with Gasteiger partial charge in [-0.25, -0.2) is 0 Å². The van der Waals surface area contributed by atoms with Gasteiger partial charge in [-0.3, -0.25) is 4.79 Å². The number of carbonyl (C=O) groups excluding carboxylic acids is 1. The summed E-state index contributed by atoms with van der Waals surface area (Å²) < 4.78 is 15.5. The molecule has 0 amide bonds. The molecule has 1 fully saturated rings. The minimum Gasteiger partial charge on any atom is -0.463 e. The monoisotopic (exact) mass is 273 g/mol. The molecular weight excluding hydrogens is 246 g/mol. The highest BCUT2D eigenvalue weighted by Crippen LogP contribution is 2.30. The van der Waals surface area contributed by atoms with Gasteiger partial charge in [-0.15, -0.1) is 0 Å². The first-order valence-corrected chi connectivity index (χ1v) is 7.23. The molecule has 0 heterocycles. The Kier molecular flexibility index (Phi) is 8.79. The lowest BCUT2D eigenvalue weighted by atomic mass is 9.79. The molecule has 0 spiro atoms. The van der Waals surface area contributed by atoms with Crippen molar-refractivity contribution in [3.63, 3.8) is 0 Å². The summed E-state index contributed by atoms with van der Waals surface area (Å²) in [5.41, 5.74) is 5.71. The predicted molar refractivity (Wildman–Crippen MR) is 72.8 cm³/mol. The first kappa shape index (κ1) is 16.4. The zero-order valence-corrected chi connectivity index (χ0v) is 11.9. The Morgan fingerprint density at radius 3 is 2.68 bits per heavy atom. The van der Waals surface area contributed by atoms with E-state index in [4.69, 9.17) is 19.9 Å². The van der Waals surface area contributed by atoms with E-state index in [1.54, 1.807) is 7.11 Å². The van der Waals surface area contributed by atoms with Gasteiger partial charge in [0.05, 0.1) is 12.5 Å². The van der Waals surface area contributed by atoms with Crippen molar-refractivity contribution in [1.29, 1.82) is 0 Å². The molecule has 0 aromatic heterocycles. The molecule has 19 heavy (non-hydrogen) atoms. The number of carbonyl (C=O) groups is 1. The molecule has 1 aliphatic carbocycles. The summed E-state index contributed by atoms with van der Waals surface area (Å²) in [6.45, 7) is 2.70. The van der Waals surface area contributed by atoms with Gasteiger partial charge in [-0.1, -0.05) is 12.8 Å². The summed E-state index contributed by atoms with van der Waals surface area (Å²) in [7, 11) is 1.67. The van der Waals surface area contributed by atoms with Crippen LogP contribution in [-0.4, -0.2) is 46.1 Å². The van der Waals surface area contributed by atoms with E-state index < -0.39 is 0 Å². The van der Waals surface area contributed by atoms with E-state index in [2.05, 4.69) is 0 Å². The minimum atomic E-state index is -0.101. The zero-order chi connectivity index (χ0) is 13.9. The molecule has 0 radical (unpaired) electrons. The van der Waals surface area contributed by atoms with Gasteiger partial charge in [0.25, 0.3) is 0 Å². The van der Waals surface area contributed by atoms with E-state index in [1.165, 1.54) is 6.42 Å². The zero-order valence-electron chi connectivity index (χ0n) is 11.9. The quantitative estimate of drug-likeness (QED) is 0.507. The van der Waals surface area contributed by atoms with Crippen LogP contribution >= 0.6 is 0 Å². The van der Waals surface area contributed by atoms with Gasteiger partial charge in [0.1, 0.15) is 6.61 Å². The Balaban J connectivity index is 2.09. The lowest BCUT2D eigenvalue weighted by Crippen LogP contribution is -2.33. The van der Waals surface area contributed by atoms with Crippen LogP contribution in [0.25, 0.3) is 0 Å². The molecule has 0 saturated heterocycles. The maximum atomic E-state index is 11.9. The van der Waals surface area contributed by atoms with E-state index in [0.29, 0.717) is 38.9 Å². The van der Waals surface area contributed by atoms with Crippen LogP contribution in [-0.2, 0) is 19.0 Å². The van der Waals surface area contributed by atoms with Crippen LogP contribution in [0.2, 0.25) is 0 Å². The van der Waals surface area contributed by atoms with Crippen molar-refractivity contribution < 1.29 is 19.0 Å². The van der Waals surface area contributed by atoms with Crippen molar-refractivity contribution in [1.82, 2.24) is 0 Å². The average molecular weight is 273 g/mol. The molecule has 2 atom stereocenters. The predicted octanol–water partition coefficient (Wildman–Crippen LogP) is 1.35. The molecule has 5 nitrogen and oxygen atoms in total. The Labute approximate surface area is 115 Å². The summed E-state index contributed by atoms with van der Waals surface area (Å²) >= 11 is 0. The van der Waals surface area contributed by atoms with Crippen LogP contribution in [0.5, 0.6) is 0 Å². The van der Waals surface area contributed by atoms with Gasteiger partial charge in [-0.05, 0) is 31.7 Å². The van der Waals surface area contributed by atoms with Crippen LogP contribution in [0.15, 0.2) is 0 Å². The second-order valence-electron chi connectivity index (χ2n) is 5.01. The van der Waals surface area contributed by atoms with Crippen molar-refractivity contribution in [2.75, 3.05) is 40.1 Å². The molecule has 2 N–H and O–H groups in total. The van der Waals surface area contributed by atoms with Crippen LogP contribution in [0.3, 0.4) is 0 Å². The molecule has 0 aromatic rings. The Bertz CT molecular complexity index is 248. The highest BCUT2D eigenvalue weighted by molar-refractivity contribution is 5.72. The van der Waals surface area contributed by atoms with Gasteiger partial charge >= 0.3 is 5.97 Å². The maximum absolute atomic E-state index is 11.9. The highest BCUT2D eigenvalue weighted by Gasteiger charge is 2.30. The molecule has 2 unspecified atom stereocenters. The Morgan fingerprint density at radius 2 is 1.95 bits per heavy atom. The topological polar surface area (TPSA) is 70.8 Å². The van der Waals surface area contributed by atoms with E-state index in [0.717, 1.165) is 25.7 Å². The second kappa shape index (κ2) is 10.2. The lowest BCUT2D eigenvalue weighted by Gasteiger charge is -2.28. The third kappa shape index (κ3) is 6.36. The van der Waals surface area contributed by atoms with E-state index in [9.17, 15) is 4.79 Å². The number of hydrogen-bond acceptors (Lipinski definition) is 5. The van der Waals surface area contributed by atoms with Crippen LogP contribution < -0.4 is 5.73 Å². The van der Waals surface area contributed by atoms with Crippen molar-refractivity contribution in [2.45, 2.75) is 32.1 Å². The summed E-state index contributed by atoms with van der Waals surface area (Å²) in [5.74, 6) is 0.187. The maximum Gasteiger partial charge on any atom is 0.309 e. The van der Waals surface area contributed by atoms with Crippen molar-refractivity contribution in [2.24, 2.45) is 17.6 Å². The van der Waals surface area contributed by atoms with Gasteiger partial charge in [-0.2, -0.15) is 0 Å². The second-order valence-corrected chi connectivity index (χ2v) is 5.01. The molecular formula is C14H27NO4. The Morgan fingerprint density at radius 1 is 1.16 bits per heavy atom. The molecule has 112 valence electrons. The van der Waals surface area contributed by atoms with Crippen molar-refractivity contribution >= 4 is 5.97 Å². The first-order valence-electron chi connectivity index (χ1n) is 7.23. The standard InChI is InChI=1S/C14H27NO4/c1-17-7-4-8-18-9-10-19-14(16)13-6-3-2-5-12(13)11-15/h12-13H,2-11,15H2,1H3. The minimum absolute atomic E-state index is 0.00718. The van der Waals surface area contributed by atoms with E-state index in [1.807, 2.05) is 0 Å². The molecule has 0 aliphatic heterocycles. The smallest absolute Gasteiger partial charge is 0.309 e. The average Bonchev–Trinajstić information content (AvgIpc) is 2.46. The number of esters is 1. The van der Waals surface area contributed by atoms with Gasteiger partial charge in [0.15, 0.2) is 0 Å². The molecule has 0 bridgehead atoms. The third-order valence-corrected chi connectivity index (χ3v) is 3.62. The lowest BCUT2D eigenvalue weighted by molar-refractivity contribution is -0.153.